The third kappa shape index (κ3) is 2.77. The van der Waals surface area contributed by atoms with Crippen LogP contribution in [0.5, 0.6) is 0 Å². The van der Waals surface area contributed by atoms with Crippen LogP contribution in [-0.4, -0.2) is 34.2 Å². The zero-order valence-electron chi connectivity index (χ0n) is 13.3. The Balaban J connectivity index is 1.47. The van der Waals surface area contributed by atoms with Gasteiger partial charge >= 0.3 is 0 Å². The van der Waals surface area contributed by atoms with Crippen LogP contribution in [0.1, 0.15) is 36.4 Å². The van der Waals surface area contributed by atoms with Crippen LogP contribution in [0.25, 0.3) is 0 Å². The van der Waals surface area contributed by atoms with Crippen molar-refractivity contribution < 1.29 is 9.63 Å². The summed E-state index contributed by atoms with van der Waals surface area (Å²) in [4.78, 5) is 24.5. The zero-order chi connectivity index (χ0) is 16.4. The van der Waals surface area contributed by atoms with Crippen molar-refractivity contribution in [3.8, 4) is 0 Å². The van der Waals surface area contributed by atoms with E-state index >= 15 is 0 Å². The number of aromatic nitrogens is 1. The first-order valence-electron chi connectivity index (χ1n) is 8.31. The highest BCUT2D eigenvalue weighted by atomic mass is 16.6. The summed E-state index contributed by atoms with van der Waals surface area (Å²) in [6, 6.07) is 13.9. The quantitative estimate of drug-likeness (QED) is 0.873. The highest BCUT2D eigenvalue weighted by molar-refractivity contribution is 6.04. The molecule has 0 N–H and O–H groups in total. The van der Waals surface area contributed by atoms with Gasteiger partial charge in [0.1, 0.15) is 0 Å². The lowest BCUT2D eigenvalue weighted by Crippen LogP contribution is -2.38. The molecule has 2 aliphatic rings. The van der Waals surface area contributed by atoms with E-state index < -0.39 is 6.10 Å². The van der Waals surface area contributed by atoms with Gasteiger partial charge in [-0.15, -0.1) is 0 Å². The van der Waals surface area contributed by atoms with Crippen molar-refractivity contribution in [2.45, 2.75) is 31.4 Å². The highest BCUT2D eigenvalue weighted by Gasteiger charge is 2.38. The largest absolute Gasteiger partial charge is 0.382 e. The van der Waals surface area contributed by atoms with Gasteiger partial charge in [0.05, 0.1) is 11.8 Å². The summed E-state index contributed by atoms with van der Waals surface area (Å²) in [7, 11) is 0. The van der Waals surface area contributed by atoms with Gasteiger partial charge < -0.3 is 9.74 Å². The third-order valence-corrected chi connectivity index (χ3v) is 4.66. The summed E-state index contributed by atoms with van der Waals surface area (Å²) < 4.78 is 0. The SMILES string of the molecule is O=C(C1CC(c2ccccc2)=NO1)N1CCCC1c1cccnc1. The Morgan fingerprint density at radius 3 is 2.83 bits per heavy atom. The average Bonchev–Trinajstić information content (AvgIpc) is 3.32. The average molecular weight is 321 g/mol. The van der Waals surface area contributed by atoms with Gasteiger partial charge in [-0.1, -0.05) is 41.6 Å². The van der Waals surface area contributed by atoms with E-state index in [4.69, 9.17) is 4.84 Å². The Morgan fingerprint density at radius 1 is 1.17 bits per heavy atom. The van der Waals surface area contributed by atoms with Crippen LogP contribution in [0.15, 0.2) is 60.0 Å². The number of pyridine rings is 1. The Kier molecular flexibility index (Phi) is 3.99. The molecular formula is C19H19N3O2. The summed E-state index contributed by atoms with van der Waals surface area (Å²) >= 11 is 0. The van der Waals surface area contributed by atoms with Gasteiger partial charge in [-0.2, -0.15) is 0 Å². The van der Waals surface area contributed by atoms with E-state index in [1.54, 1.807) is 6.20 Å². The fourth-order valence-electron chi connectivity index (χ4n) is 3.45. The van der Waals surface area contributed by atoms with Crippen LogP contribution in [0.2, 0.25) is 0 Å². The zero-order valence-corrected chi connectivity index (χ0v) is 13.3. The molecule has 1 aromatic heterocycles. The molecule has 0 saturated carbocycles. The van der Waals surface area contributed by atoms with E-state index in [-0.39, 0.29) is 11.9 Å². The lowest BCUT2D eigenvalue weighted by molar-refractivity contribution is -0.143. The molecule has 2 aromatic rings. The summed E-state index contributed by atoms with van der Waals surface area (Å²) in [5, 5.41) is 4.13. The molecule has 5 heteroatoms. The monoisotopic (exact) mass is 321 g/mol. The van der Waals surface area contributed by atoms with Gasteiger partial charge in [0.15, 0.2) is 0 Å². The molecule has 0 bridgehead atoms. The Bertz CT molecular complexity index is 746. The number of likely N-dealkylation sites (tertiary alicyclic amines) is 1. The van der Waals surface area contributed by atoms with Crippen LogP contribution in [-0.2, 0) is 9.63 Å². The molecule has 1 saturated heterocycles. The first kappa shape index (κ1) is 14.9. The minimum atomic E-state index is -0.516. The molecule has 0 radical (unpaired) electrons. The number of carbonyl (C=O) groups excluding carboxylic acids is 1. The van der Waals surface area contributed by atoms with E-state index in [1.807, 2.05) is 53.6 Å². The van der Waals surface area contributed by atoms with Crippen molar-refractivity contribution in [2.75, 3.05) is 6.54 Å². The Labute approximate surface area is 141 Å². The number of amides is 1. The predicted molar refractivity (Wildman–Crippen MR) is 90.4 cm³/mol. The van der Waals surface area contributed by atoms with Crippen molar-refractivity contribution in [1.82, 2.24) is 9.88 Å². The van der Waals surface area contributed by atoms with Crippen molar-refractivity contribution >= 4 is 11.6 Å². The first-order chi connectivity index (χ1) is 11.8. The molecule has 122 valence electrons. The standard InChI is InChI=1S/C19H19N3O2/c23-19(18-12-16(21-24-18)14-6-2-1-3-7-14)22-11-5-9-17(22)15-8-4-10-20-13-15/h1-4,6-8,10,13,17-18H,5,9,11-12H2. The minimum absolute atomic E-state index is 0.0241. The number of hydrogen-bond acceptors (Lipinski definition) is 4. The number of nitrogens with zero attached hydrogens (tertiary/aromatic N) is 3. The maximum atomic E-state index is 12.9. The van der Waals surface area contributed by atoms with Gasteiger partial charge in [0.2, 0.25) is 6.10 Å². The van der Waals surface area contributed by atoms with Gasteiger partial charge in [0, 0.05) is 25.4 Å². The molecule has 1 amide bonds. The van der Waals surface area contributed by atoms with Gasteiger partial charge in [0.25, 0.3) is 5.91 Å². The highest BCUT2D eigenvalue weighted by Crippen LogP contribution is 2.33. The molecular weight excluding hydrogens is 302 g/mol. The number of hydrogen-bond donors (Lipinski definition) is 0. The van der Waals surface area contributed by atoms with E-state index in [9.17, 15) is 4.79 Å². The van der Waals surface area contributed by atoms with Crippen molar-refractivity contribution in [1.29, 1.82) is 0 Å². The summed E-state index contributed by atoms with van der Waals surface area (Å²) in [5.74, 6) is 0.0241. The number of carbonyl (C=O) groups is 1. The molecule has 0 aliphatic carbocycles. The third-order valence-electron chi connectivity index (χ3n) is 4.66. The second kappa shape index (κ2) is 6.43. The molecule has 1 aromatic carbocycles. The lowest BCUT2D eigenvalue weighted by Gasteiger charge is -2.26. The first-order valence-corrected chi connectivity index (χ1v) is 8.31. The normalized spacial score (nSPS) is 23.0. The van der Waals surface area contributed by atoms with Gasteiger partial charge in [-0.25, -0.2) is 0 Å². The van der Waals surface area contributed by atoms with Crippen LogP contribution in [0.4, 0.5) is 0 Å². The van der Waals surface area contributed by atoms with E-state index in [2.05, 4.69) is 10.1 Å². The summed E-state index contributed by atoms with van der Waals surface area (Å²) in [5.41, 5.74) is 2.94. The maximum Gasteiger partial charge on any atom is 0.267 e. The molecule has 24 heavy (non-hydrogen) atoms. The van der Waals surface area contributed by atoms with Crippen LogP contribution in [0, 0.1) is 0 Å². The molecule has 2 aliphatic heterocycles. The minimum Gasteiger partial charge on any atom is -0.382 e. The van der Waals surface area contributed by atoms with Crippen LogP contribution >= 0.6 is 0 Å². The lowest BCUT2D eigenvalue weighted by atomic mass is 10.0. The molecule has 2 unspecified atom stereocenters. The molecule has 3 heterocycles. The van der Waals surface area contributed by atoms with E-state index in [0.29, 0.717) is 6.42 Å². The van der Waals surface area contributed by atoms with E-state index in [0.717, 1.165) is 36.2 Å². The molecule has 1 fully saturated rings. The maximum absolute atomic E-state index is 12.9. The number of oxime groups is 1. The molecule has 5 nitrogen and oxygen atoms in total. The second-order valence-electron chi connectivity index (χ2n) is 6.18. The predicted octanol–water partition coefficient (Wildman–Crippen LogP) is 2.94. The van der Waals surface area contributed by atoms with Crippen molar-refractivity contribution in [2.24, 2.45) is 5.16 Å². The summed E-state index contributed by atoms with van der Waals surface area (Å²) in [6.07, 6.45) is 5.58. The topological polar surface area (TPSA) is 54.8 Å². The van der Waals surface area contributed by atoms with Crippen LogP contribution < -0.4 is 0 Å². The fourth-order valence-corrected chi connectivity index (χ4v) is 3.45. The van der Waals surface area contributed by atoms with Gasteiger partial charge in [-0.3, -0.25) is 9.78 Å². The number of rotatable bonds is 3. The second-order valence-corrected chi connectivity index (χ2v) is 6.18. The Hall–Kier alpha value is -2.69. The summed E-state index contributed by atoms with van der Waals surface area (Å²) in [6.45, 7) is 0.763. The van der Waals surface area contributed by atoms with Crippen molar-refractivity contribution in [3.05, 3.63) is 66.0 Å². The fraction of sp³-hybridized carbons (Fsp3) is 0.316. The smallest absolute Gasteiger partial charge is 0.267 e. The van der Waals surface area contributed by atoms with E-state index in [1.165, 1.54) is 0 Å². The molecule has 4 rings (SSSR count). The van der Waals surface area contributed by atoms with Crippen molar-refractivity contribution in [3.63, 3.8) is 0 Å². The molecule has 0 spiro atoms. The van der Waals surface area contributed by atoms with Crippen LogP contribution in [0.3, 0.4) is 0 Å². The molecule has 2 atom stereocenters. The van der Waals surface area contributed by atoms with Gasteiger partial charge in [-0.05, 0) is 30.0 Å². The Morgan fingerprint density at radius 2 is 2.04 bits per heavy atom. The number of benzene rings is 1.